The summed E-state index contributed by atoms with van der Waals surface area (Å²) in [7, 11) is 7.20. The molecule has 0 aliphatic carbocycles. The molecule has 0 aromatic carbocycles. The predicted molar refractivity (Wildman–Crippen MR) is 97.5 cm³/mol. The van der Waals surface area contributed by atoms with Gasteiger partial charge in [-0.05, 0) is 11.8 Å². The minimum absolute atomic E-state index is 0.0605. The highest BCUT2D eigenvalue weighted by Gasteiger charge is 2.31. The van der Waals surface area contributed by atoms with Crippen LogP contribution in [0.25, 0.3) is 0 Å². The molecule has 2 radical (unpaired) electrons. The van der Waals surface area contributed by atoms with E-state index in [-0.39, 0.29) is 22.2 Å². The Hall–Kier alpha value is -1.95. The second-order valence-corrected chi connectivity index (χ2v) is 7.14. The third-order valence-electron chi connectivity index (χ3n) is 2.87. The van der Waals surface area contributed by atoms with E-state index in [1.807, 2.05) is 6.92 Å². The number of rotatable bonds is 6. The monoisotopic (exact) mass is 399 g/mol. The summed E-state index contributed by atoms with van der Waals surface area (Å²) in [6.07, 6.45) is 1.34. The maximum atomic E-state index is 12.6. The number of pyridine rings is 1. The van der Waals surface area contributed by atoms with Gasteiger partial charge in [0.2, 0.25) is 0 Å². The van der Waals surface area contributed by atoms with Gasteiger partial charge in [-0.25, -0.2) is 0 Å². The first kappa shape index (κ1) is 20.4. The van der Waals surface area contributed by atoms with Crippen LogP contribution in [0.5, 0.6) is 0 Å². The number of nitrogens with one attached hydrogen (secondary N) is 2. The van der Waals surface area contributed by atoms with Gasteiger partial charge in [-0.15, -0.1) is 22.0 Å². The van der Waals surface area contributed by atoms with Crippen LogP contribution in [0.1, 0.15) is 17.4 Å². The summed E-state index contributed by atoms with van der Waals surface area (Å²) < 4.78 is 37.6. The SMILES string of the molecule is [B]c1cnc(C(=O)Nc2cc(SC(F)(F)F)nnc2NC)c(SCC)c1. The van der Waals surface area contributed by atoms with Crippen molar-refractivity contribution in [3.8, 4) is 0 Å². The van der Waals surface area contributed by atoms with Crippen molar-refractivity contribution >= 4 is 54.2 Å². The van der Waals surface area contributed by atoms with Crippen LogP contribution in [0.3, 0.4) is 0 Å². The summed E-state index contributed by atoms with van der Waals surface area (Å²) in [6, 6.07) is 2.71. The zero-order chi connectivity index (χ0) is 19.3. The Morgan fingerprint density at radius 3 is 2.65 bits per heavy atom. The maximum Gasteiger partial charge on any atom is 0.447 e. The molecule has 0 spiro atoms. The molecular weight excluding hydrogens is 386 g/mol. The molecule has 2 aromatic rings. The molecule has 136 valence electrons. The Morgan fingerprint density at radius 2 is 2.04 bits per heavy atom. The molecule has 2 aromatic heterocycles. The smallest absolute Gasteiger partial charge is 0.370 e. The van der Waals surface area contributed by atoms with E-state index < -0.39 is 23.2 Å². The van der Waals surface area contributed by atoms with Crippen LogP contribution in [-0.4, -0.2) is 47.2 Å². The van der Waals surface area contributed by atoms with Crippen LogP contribution in [-0.2, 0) is 0 Å². The van der Waals surface area contributed by atoms with Gasteiger partial charge in [0.15, 0.2) is 5.82 Å². The lowest BCUT2D eigenvalue weighted by atomic mass is 9.98. The van der Waals surface area contributed by atoms with E-state index in [4.69, 9.17) is 7.85 Å². The Balaban J connectivity index is 2.32. The zero-order valence-corrected chi connectivity index (χ0v) is 15.3. The first-order valence-electron chi connectivity index (χ1n) is 7.24. The molecule has 0 saturated carbocycles. The van der Waals surface area contributed by atoms with Gasteiger partial charge in [-0.3, -0.25) is 9.78 Å². The standard InChI is InChI=1S/C14H13BF3N5OS2/c1-3-25-9-4-7(15)6-20-11(9)13(24)21-8-5-10(26-14(16,17)18)22-23-12(8)19-2/h4-6H,3H2,1-2H3,(H,19,23)(H,21,22,24). The highest BCUT2D eigenvalue weighted by molar-refractivity contribution is 8.00. The van der Waals surface area contributed by atoms with E-state index in [1.54, 1.807) is 6.07 Å². The molecule has 12 heteroatoms. The van der Waals surface area contributed by atoms with E-state index in [2.05, 4.69) is 25.8 Å². The number of hydrogen-bond acceptors (Lipinski definition) is 7. The fourth-order valence-corrected chi connectivity index (χ4v) is 3.21. The number of halogens is 3. The quantitative estimate of drug-likeness (QED) is 0.571. The number of anilines is 2. The molecule has 6 nitrogen and oxygen atoms in total. The van der Waals surface area contributed by atoms with Crippen LogP contribution in [0.4, 0.5) is 24.7 Å². The third-order valence-corrected chi connectivity index (χ3v) is 4.42. The minimum atomic E-state index is -4.51. The van der Waals surface area contributed by atoms with Crippen LogP contribution in [0.2, 0.25) is 0 Å². The van der Waals surface area contributed by atoms with Crippen molar-refractivity contribution < 1.29 is 18.0 Å². The molecule has 1 amide bonds. The molecule has 0 unspecified atom stereocenters. The van der Waals surface area contributed by atoms with E-state index >= 15 is 0 Å². The molecule has 2 N–H and O–H groups in total. The van der Waals surface area contributed by atoms with Gasteiger partial charge < -0.3 is 10.6 Å². The second kappa shape index (κ2) is 8.63. The number of thioether (sulfide) groups is 2. The first-order chi connectivity index (χ1) is 12.2. The van der Waals surface area contributed by atoms with Crippen LogP contribution >= 0.6 is 23.5 Å². The van der Waals surface area contributed by atoms with Crippen LogP contribution in [0, 0.1) is 0 Å². The highest BCUT2D eigenvalue weighted by atomic mass is 32.2. The molecule has 0 aliphatic heterocycles. The third kappa shape index (κ3) is 5.53. The number of aromatic nitrogens is 3. The lowest BCUT2D eigenvalue weighted by molar-refractivity contribution is -0.0329. The number of nitrogens with zero attached hydrogens (tertiary/aromatic N) is 3. The maximum absolute atomic E-state index is 12.6. The summed E-state index contributed by atoms with van der Waals surface area (Å²) in [6.45, 7) is 1.90. The summed E-state index contributed by atoms with van der Waals surface area (Å²) in [5.41, 5.74) is -3.93. The van der Waals surface area contributed by atoms with Gasteiger partial charge >= 0.3 is 5.51 Å². The molecule has 2 heterocycles. The number of carbonyl (C=O) groups is 1. The van der Waals surface area contributed by atoms with Crippen LogP contribution in [0.15, 0.2) is 28.3 Å². The average molecular weight is 399 g/mol. The summed E-state index contributed by atoms with van der Waals surface area (Å²) in [5, 5.41) is 11.9. The molecule has 0 saturated heterocycles. The van der Waals surface area contributed by atoms with Crippen molar-refractivity contribution in [1.29, 1.82) is 0 Å². The summed E-state index contributed by atoms with van der Waals surface area (Å²) in [5.74, 6) is 0.231. The van der Waals surface area contributed by atoms with Gasteiger partial charge in [0.25, 0.3) is 5.91 Å². The molecule has 0 bridgehead atoms. The lowest BCUT2D eigenvalue weighted by Crippen LogP contribution is -2.19. The average Bonchev–Trinajstić information content (AvgIpc) is 2.54. The molecule has 0 atom stereocenters. The zero-order valence-electron chi connectivity index (χ0n) is 13.7. The Morgan fingerprint density at radius 1 is 1.31 bits per heavy atom. The topological polar surface area (TPSA) is 79.8 Å². The van der Waals surface area contributed by atoms with E-state index in [0.29, 0.717) is 16.1 Å². The van der Waals surface area contributed by atoms with Crippen molar-refractivity contribution in [1.82, 2.24) is 15.2 Å². The fourth-order valence-electron chi connectivity index (χ4n) is 1.90. The van der Waals surface area contributed by atoms with Gasteiger partial charge in [0.05, 0.1) is 5.69 Å². The first-order valence-corrected chi connectivity index (χ1v) is 9.04. The summed E-state index contributed by atoms with van der Waals surface area (Å²) >= 11 is 0.957. The van der Waals surface area contributed by atoms with Crippen molar-refractivity contribution in [2.24, 2.45) is 0 Å². The van der Waals surface area contributed by atoms with Gasteiger partial charge in [0.1, 0.15) is 18.6 Å². The van der Waals surface area contributed by atoms with Crippen LogP contribution < -0.4 is 16.1 Å². The second-order valence-electron chi connectivity index (χ2n) is 4.75. The van der Waals surface area contributed by atoms with Gasteiger partial charge in [-0.1, -0.05) is 18.5 Å². The molecule has 0 fully saturated rings. The summed E-state index contributed by atoms with van der Waals surface area (Å²) in [4.78, 5) is 17.2. The van der Waals surface area contributed by atoms with Gasteiger partial charge in [0, 0.05) is 29.9 Å². The highest BCUT2D eigenvalue weighted by Crippen LogP contribution is 2.37. The predicted octanol–water partition coefficient (Wildman–Crippen LogP) is 2.68. The van der Waals surface area contributed by atoms with E-state index in [9.17, 15) is 18.0 Å². The molecular formula is C14H13BF3N5OS2. The molecule has 2 rings (SSSR count). The number of amides is 1. The largest absolute Gasteiger partial charge is 0.447 e. The Labute approximate surface area is 157 Å². The number of alkyl halides is 3. The number of hydrogen-bond donors (Lipinski definition) is 2. The minimum Gasteiger partial charge on any atom is -0.370 e. The fraction of sp³-hybridized carbons (Fsp3) is 0.286. The van der Waals surface area contributed by atoms with Gasteiger partial charge in [-0.2, -0.15) is 13.2 Å². The Kier molecular flexibility index (Phi) is 6.76. The van der Waals surface area contributed by atoms with Crippen molar-refractivity contribution in [2.45, 2.75) is 22.4 Å². The Bertz CT molecular complexity index is 807. The molecule has 26 heavy (non-hydrogen) atoms. The normalized spacial score (nSPS) is 11.3. The number of carbonyl (C=O) groups excluding carboxylic acids is 1. The van der Waals surface area contributed by atoms with E-state index in [1.165, 1.54) is 25.0 Å². The molecule has 0 aliphatic rings. The van der Waals surface area contributed by atoms with Crippen molar-refractivity contribution in [2.75, 3.05) is 23.4 Å². The van der Waals surface area contributed by atoms with Crippen molar-refractivity contribution in [3.05, 3.63) is 24.0 Å². The van der Waals surface area contributed by atoms with Crippen molar-refractivity contribution in [3.63, 3.8) is 0 Å². The van der Waals surface area contributed by atoms with E-state index in [0.717, 1.165) is 6.07 Å². The lowest BCUT2D eigenvalue weighted by Gasteiger charge is -2.13.